The van der Waals surface area contributed by atoms with E-state index in [-0.39, 0.29) is 21.6 Å². The van der Waals surface area contributed by atoms with Crippen molar-refractivity contribution in [1.29, 1.82) is 5.26 Å². The molecule has 0 N–H and O–H groups in total. The van der Waals surface area contributed by atoms with Crippen LogP contribution in [-0.2, 0) is 4.79 Å². The number of fused-ring (bicyclic) bond motifs is 1. The molecule has 4 rings (SSSR count). The van der Waals surface area contributed by atoms with E-state index in [0.717, 1.165) is 16.9 Å². The van der Waals surface area contributed by atoms with Gasteiger partial charge in [-0.05, 0) is 35.9 Å². The number of carbonyl (C=O) groups excluding carboxylic acids is 1. The van der Waals surface area contributed by atoms with Gasteiger partial charge in [-0.1, -0.05) is 20.8 Å². The molecule has 0 unspecified atom stereocenters. The van der Waals surface area contributed by atoms with Crippen LogP contribution in [0.5, 0.6) is 11.5 Å². The molecule has 0 spiro atoms. The Labute approximate surface area is 188 Å². The summed E-state index contributed by atoms with van der Waals surface area (Å²) in [7, 11) is 0. The van der Waals surface area contributed by atoms with Gasteiger partial charge in [0.2, 0.25) is 0 Å². The molecule has 32 heavy (non-hydrogen) atoms. The quantitative estimate of drug-likeness (QED) is 0.611. The Morgan fingerprint density at radius 3 is 2.50 bits per heavy atom. The molecule has 0 fully saturated rings. The van der Waals surface area contributed by atoms with Crippen molar-refractivity contribution in [2.24, 2.45) is 5.41 Å². The number of benzene rings is 1. The van der Waals surface area contributed by atoms with Crippen LogP contribution in [0.3, 0.4) is 0 Å². The Bertz CT molecular complexity index is 1410. The first kappa shape index (κ1) is 21.5. The molecule has 0 aliphatic carbocycles. The summed E-state index contributed by atoms with van der Waals surface area (Å²) in [6, 6.07) is 10.7. The average molecular weight is 448 g/mol. The van der Waals surface area contributed by atoms with Crippen molar-refractivity contribution in [3.05, 3.63) is 67.8 Å². The topological polar surface area (TPSA) is 94.2 Å². The lowest BCUT2D eigenvalue weighted by Crippen LogP contribution is -2.33. The molecule has 3 heterocycles. The van der Waals surface area contributed by atoms with Crippen molar-refractivity contribution in [1.82, 2.24) is 9.55 Å². The van der Waals surface area contributed by atoms with E-state index in [1.807, 2.05) is 6.07 Å². The van der Waals surface area contributed by atoms with Crippen LogP contribution in [-0.4, -0.2) is 28.5 Å². The maximum absolute atomic E-state index is 13.5. The standard InChI is InChI=1S/C24H21N3O4S/c1-24(2,3)21(28)17(14-25)23-27(16-4-5-18-19(13-16)31-11-10-30-18)22(29)20(32-23)12-15-6-8-26-9-7-15/h4-9,12-13H,10-11H2,1-3H3/b20-12+,23-17-. The third-order valence-corrected chi connectivity index (χ3v) is 5.94. The van der Waals surface area contributed by atoms with Crippen LogP contribution in [0.25, 0.3) is 17.3 Å². The normalized spacial score (nSPS) is 14.6. The predicted octanol–water partition coefficient (Wildman–Crippen LogP) is 2.18. The summed E-state index contributed by atoms with van der Waals surface area (Å²) in [4.78, 5) is 30.5. The largest absolute Gasteiger partial charge is 0.486 e. The summed E-state index contributed by atoms with van der Waals surface area (Å²) in [5, 5.41) is 9.89. The third kappa shape index (κ3) is 4.07. The second-order valence-corrected chi connectivity index (χ2v) is 9.26. The highest BCUT2D eigenvalue weighted by Gasteiger charge is 2.28. The first-order valence-corrected chi connectivity index (χ1v) is 10.8. The number of carbonyl (C=O) groups is 1. The van der Waals surface area contributed by atoms with Gasteiger partial charge in [-0.15, -0.1) is 11.3 Å². The van der Waals surface area contributed by atoms with Crippen LogP contribution in [0, 0.1) is 16.7 Å². The van der Waals surface area contributed by atoms with E-state index in [9.17, 15) is 14.9 Å². The third-order valence-electron chi connectivity index (χ3n) is 4.85. The Morgan fingerprint density at radius 2 is 1.84 bits per heavy atom. The summed E-state index contributed by atoms with van der Waals surface area (Å²) in [6.07, 6.45) is 4.99. The van der Waals surface area contributed by atoms with Crippen molar-refractivity contribution < 1.29 is 14.3 Å². The minimum Gasteiger partial charge on any atom is -0.486 e. The minimum atomic E-state index is -0.780. The van der Waals surface area contributed by atoms with Crippen molar-refractivity contribution >= 4 is 28.8 Å². The van der Waals surface area contributed by atoms with E-state index >= 15 is 0 Å². The molecule has 0 saturated carbocycles. The van der Waals surface area contributed by atoms with Gasteiger partial charge >= 0.3 is 0 Å². The highest BCUT2D eigenvalue weighted by Crippen LogP contribution is 2.31. The Kier molecular flexibility index (Phi) is 5.68. The fourth-order valence-corrected chi connectivity index (χ4v) is 4.34. The summed E-state index contributed by atoms with van der Waals surface area (Å²) in [6.45, 7) is 6.10. The second kappa shape index (κ2) is 8.44. The lowest BCUT2D eigenvalue weighted by atomic mass is 9.87. The number of hydrogen-bond donors (Lipinski definition) is 0. The van der Waals surface area contributed by atoms with Crippen molar-refractivity contribution in [3.63, 3.8) is 0 Å². The number of nitriles is 1. The van der Waals surface area contributed by atoms with Crippen molar-refractivity contribution in [2.75, 3.05) is 13.2 Å². The molecule has 7 nitrogen and oxygen atoms in total. The smallest absolute Gasteiger partial charge is 0.273 e. The van der Waals surface area contributed by atoms with E-state index in [1.54, 1.807) is 69.6 Å². The van der Waals surface area contributed by atoms with Gasteiger partial charge in [-0.2, -0.15) is 5.26 Å². The molecule has 1 aromatic carbocycles. The molecule has 0 amide bonds. The summed E-state index contributed by atoms with van der Waals surface area (Å²) in [5.74, 6) is 0.768. The monoisotopic (exact) mass is 447 g/mol. The molecule has 1 aliphatic heterocycles. The van der Waals surface area contributed by atoms with E-state index in [4.69, 9.17) is 9.47 Å². The molecule has 1 aliphatic rings. The first-order chi connectivity index (χ1) is 15.3. The fraction of sp³-hybridized carbons (Fsp3) is 0.250. The van der Waals surface area contributed by atoms with Gasteiger partial charge in [0.15, 0.2) is 17.3 Å². The van der Waals surface area contributed by atoms with E-state index in [1.165, 1.54) is 4.57 Å². The van der Waals surface area contributed by atoms with E-state index in [2.05, 4.69) is 4.98 Å². The van der Waals surface area contributed by atoms with Gasteiger partial charge in [0.05, 0.1) is 10.2 Å². The average Bonchev–Trinajstić information content (AvgIpc) is 3.09. The molecular formula is C24H21N3O4S. The van der Waals surface area contributed by atoms with Crippen molar-refractivity contribution in [2.45, 2.75) is 20.8 Å². The number of ketones is 1. The fourth-order valence-electron chi connectivity index (χ4n) is 3.24. The lowest BCUT2D eigenvalue weighted by molar-refractivity contribution is -0.120. The summed E-state index contributed by atoms with van der Waals surface area (Å²) >= 11 is 1.11. The number of thiazole rings is 1. The van der Waals surface area contributed by atoms with Crippen LogP contribution in [0.4, 0.5) is 0 Å². The number of hydrogen-bond acceptors (Lipinski definition) is 7. The highest BCUT2D eigenvalue weighted by molar-refractivity contribution is 7.07. The molecule has 0 atom stereocenters. The molecule has 2 aromatic heterocycles. The number of pyridine rings is 1. The van der Waals surface area contributed by atoms with E-state index < -0.39 is 5.41 Å². The maximum atomic E-state index is 13.5. The molecule has 0 bridgehead atoms. The molecule has 0 saturated heterocycles. The molecular weight excluding hydrogens is 426 g/mol. The van der Waals surface area contributed by atoms with Gasteiger partial charge < -0.3 is 9.47 Å². The SMILES string of the molecule is CC(C)(C)C(=O)/C(C#N)=c1\s/c(=C/c2ccncc2)c(=O)n1-c1ccc2c(c1)OCCO2. The molecule has 8 heteroatoms. The minimum absolute atomic E-state index is 0.0520. The van der Waals surface area contributed by atoms with Gasteiger partial charge in [0.25, 0.3) is 5.56 Å². The predicted molar refractivity (Wildman–Crippen MR) is 121 cm³/mol. The Balaban J connectivity index is 2.06. The zero-order chi connectivity index (χ0) is 22.9. The maximum Gasteiger partial charge on any atom is 0.273 e. The number of Topliss-reactive ketones (excluding diaryl/α,β-unsaturated/α-hetero) is 1. The van der Waals surface area contributed by atoms with Gasteiger partial charge in [0.1, 0.15) is 29.5 Å². The number of nitrogens with zero attached hydrogens (tertiary/aromatic N) is 3. The lowest BCUT2D eigenvalue weighted by Gasteiger charge is -2.19. The van der Waals surface area contributed by atoms with Crippen LogP contribution in [0.15, 0.2) is 47.5 Å². The van der Waals surface area contributed by atoms with Crippen molar-refractivity contribution in [3.8, 4) is 23.3 Å². The first-order valence-electron chi connectivity index (χ1n) is 10.0. The van der Waals surface area contributed by atoms with Gasteiger partial charge in [-0.25, -0.2) is 0 Å². The van der Waals surface area contributed by atoms with Gasteiger partial charge in [-0.3, -0.25) is 19.1 Å². The number of ether oxygens (including phenoxy) is 2. The second-order valence-electron chi connectivity index (χ2n) is 8.23. The van der Waals surface area contributed by atoms with Crippen LogP contribution in [0.1, 0.15) is 26.3 Å². The zero-order valence-corrected chi connectivity index (χ0v) is 18.7. The van der Waals surface area contributed by atoms with Crippen LogP contribution < -0.4 is 24.2 Å². The van der Waals surface area contributed by atoms with Crippen LogP contribution >= 0.6 is 11.3 Å². The highest BCUT2D eigenvalue weighted by atomic mass is 32.1. The van der Waals surface area contributed by atoms with Gasteiger partial charge in [0, 0.05) is 23.9 Å². The number of aromatic nitrogens is 2. The Morgan fingerprint density at radius 1 is 1.16 bits per heavy atom. The summed E-state index contributed by atoms with van der Waals surface area (Å²) < 4.78 is 13.3. The molecule has 162 valence electrons. The Hall–Kier alpha value is -3.70. The van der Waals surface area contributed by atoms with E-state index in [0.29, 0.717) is 34.9 Å². The molecule has 3 aromatic rings. The van der Waals surface area contributed by atoms with Crippen LogP contribution in [0.2, 0.25) is 0 Å². The number of rotatable bonds is 3. The zero-order valence-electron chi connectivity index (χ0n) is 17.9. The molecule has 0 radical (unpaired) electrons. The summed E-state index contributed by atoms with van der Waals surface area (Å²) in [5.41, 5.74) is 0.128.